The van der Waals surface area contributed by atoms with Crippen molar-refractivity contribution in [2.45, 2.75) is 62.8 Å². The third-order valence-corrected chi connectivity index (χ3v) is 8.78. The summed E-state index contributed by atoms with van der Waals surface area (Å²) in [5.74, 6) is -0.354. The predicted molar refractivity (Wildman–Crippen MR) is 129 cm³/mol. The summed E-state index contributed by atoms with van der Waals surface area (Å²) in [5.41, 5.74) is 0.269. The van der Waals surface area contributed by atoms with E-state index in [2.05, 4.69) is 22.1 Å². The number of pyridine rings is 1. The molecule has 0 saturated carbocycles. The number of nitrogens with zero attached hydrogens (tertiary/aromatic N) is 2. The molecule has 2 aliphatic heterocycles. The van der Waals surface area contributed by atoms with Crippen LogP contribution < -0.4 is 10.9 Å². The molecule has 1 aromatic heterocycles. The molecule has 0 radical (unpaired) electrons. The van der Waals surface area contributed by atoms with Gasteiger partial charge in [-0.3, -0.25) is 9.59 Å². The van der Waals surface area contributed by atoms with Crippen molar-refractivity contribution in [2.75, 3.05) is 32.7 Å². The van der Waals surface area contributed by atoms with Crippen LogP contribution in [-0.4, -0.2) is 67.3 Å². The number of nitrogens with one attached hydrogen (secondary N) is 2. The number of amides is 1. The summed E-state index contributed by atoms with van der Waals surface area (Å²) >= 11 is 0. The molecule has 0 spiro atoms. The molecule has 3 heterocycles. The summed E-state index contributed by atoms with van der Waals surface area (Å²) in [7, 11) is -3.62. The van der Waals surface area contributed by atoms with Gasteiger partial charge in [0.15, 0.2) is 0 Å². The van der Waals surface area contributed by atoms with E-state index >= 15 is 0 Å². The summed E-state index contributed by atoms with van der Waals surface area (Å²) in [6.07, 6.45) is 7.44. The van der Waals surface area contributed by atoms with Crippen LogP contribution in [0.15, 0.2) is 34.0 Å². The van der Waals surface area contributed by atoms with Crippen molar-refractivity contribution in [3.05, 3.63) is 40.2 Å². The SMILES string of the molecule is CC[C@H]1CCCCN1CCCNC(=O)c1cc(=O)[nH]c2ccc(S(=O)(=O)N3CCCC3)cc12. The fourth-order valence-corrected chi connectivity index (χ4v) is 6.60. The van der Waals surface area contributed by atoms with Crippen LogP contribution in [0.2, 0.25) is 0 Å². The Morgan fingerprint density at radius 3 is 2.64 bits per heavy atom. The lowest BCUT2D eigenvalue weighted by Gasteiger charge is -2.35. The van der Waals surface area contributed by atoms with Crippen molar-refractivity contribution in [3.63, 3.8) is 0 Å². The molecule has 2 saturated heterocycles. The maximum atomic E-state index is 13.0. The third-order valence-electron chi connectivity index (χ3n) is 6.89. The number of carbonyl (C=O) groups excluding carboxylic acids is 1. The number of rotatable bonds is 8. The van der Waals surface area contributed by atoms with E-state index in [9.17, 15) is 18.0 Å². The summed E-state index contributed by atoms with van der Waals surface area (Å²) in [6.45, 7) is 5.80. The van der Waals surface area contributed by atoms with Crippen molar-refractivity contribution in [2.24, 2.45) is 0 Å². The molecule has 180 valence electrons. The number of piperidine rings is 1. The summed E-state index contributed by atoms with van der Waals surface area (Å²) < 4.78 is 27.5. The van der Waals surface area contributed by atoms with E-state index in [1.54, 1.807) is 6.07 Å². The first-order valence-corrected chi connectivity index (χ1v) is 13.5. The van der Waals surface area contributed by atoms with Crippen LogP contribution in [0.25, 0.3) is 10.9 Å². The highest BCUT2D eigenvalue weighted by molar-refractivity contribution is 7.89. The highest BCUT2D eigenvalue weighted by Gasteiger charge is 2.28. The second kappa shape index (κ2) is 10.4. The Hall–Kier alpha value is -2.23. The number of hydrogen-bond donors (Lipinski definition) is 2. The van der Waals surface area contributed by atoms with Crippen LogP contribution in [0.1, 0.15) is 62.2 Å². The molecule has 1 aromatic carbocycles. The normalized spacial score (nSPS) is 20.3. The van der Waals surface area contributed by atoms with Crippen molar-refractivity contribution in [1.82, 2.24) is 19.5 Å². The molecule has 8 nitrogen and oxygen atoms in total. The van der Waals surface area contributed by atoms with Gasteiger partial charge in [-0.25, -0.2) is 8.42 Å². The Morgan fingerprint density at radius 1 is 1.12 bits per heavy atom. The summed E-state index contributed by atoms with van der Waals surface area (Å²) in [5, 5.41) is 3.37. The van der Waals surface area contributed by atoms with Crippen molar-refractivity contribution in [3.8, 4) is 0 Å². The van der Waals surface area contributed by atoms with Crippen LogP contribution in [0.5, 0.6) is 0 Å². The monoisotopic (exact) mass is 474 g/mol. The van der Waals surface area contributed by atoms with Crippen LogP contribution in [0.3, 0.4) is 0 Å². The predicted octanol–water partition coefficient (Wildman–Crippen LogP) is 2.70. The Labute approximate surface area is 195 Å². The van der Waals surface area contributed by atoms with Crippen LogP contribution in [0, 0.1) is 0 Å². The minimum Gasteiger partial charge on any atom is -0.352 e. The molecular formula is C24H34N4O4S. The molecular weight excluding hydrogens is 440 g/mol. The Balaban J connectivity index is 1.49. The maximum Gasteiger partial charge on any atom is 0.252 e. The van der Waals surface area contributed by atoms with E-state index in [4.69, 9.17) is 0 Å². The molecule has 0 unspecified atom stereocenters. The number of hydrogen-bond acceptors (Lipinski definition) is 5. The zero-order valence-electron chi connectivity index (χ0n) is 19.3. The fourth-order valence-electron chi connectivity index (χ4n) is 5.05. The number of likely N-dealkylation sites (tertiary alicyclic amines) is 1. The molecule has 33 heavy (non-hydrogen) atoms. The van der Waals surface area contributed by atoms with E-state index in [-0.39, 0.29) is 21.9 Å². The molecule has 2 aliphatic rings. The van der Waals surface area contributed by atoms with Gasteiger partial charge in [-0.15, -0.1) is 0 Å². The molecule has 0 aliphatic carbocycles. The fraction of sp³-hybridized carbons (Fsp3) is 0.583. The van der Waals surface area contributed by atoms with Crippen molar-refractivity contribution in [1.29, 1.82) is 0 Å². The van der Waals surface area contributed by atoms with E-state index in [0.29, 0.717) is 36.6 Å². The lowest BCUT2D eigenvalue weighted by atomic mass is 10.00. The number of benzene rings is 1. The van der Waals surface area contributed by atoms with E-state index in [1.165, 1.54) is 41.8 Å². The Kier molecular flexibility index (Phi) is 7.51. The van der Waals surface area contributed by atoms with E-state index in [1.807, 2.05) is 0 Å². The topological polar surface area (TPSA) is 103 Å². The van der Waals surface area contributed by atoms with Gasteiger partial charge in [-0.2, -0.15) is 4.31 Å². The number of aromatic nitrogens is 1. The quantitative estimate of drug-likeness (QED) is 0.573. The lowest BCUT2D eigenvalue weighted by Crippen LogP contribution is -2.40. The van der Waals surface area contributed by atoms with Crippen LogP contribution >= 0.6 is 0 Å². The summed E-state index contributed by atoms with van der Waals surface area (Å²) in [4.78, 5) is 30.5. The zero-order valence-corrected chi connectivity index (χ0v) is 20.1. The van der Waals surface area contributed by atoms with Gasteiger partial charge in [0.25, 0.3) is 5.91 Å². The van der Waals surface area contributed by atoms with Gasteiger partial charge in [0.2, 0.25) is 15.6 Å². The van der Waals surface area contributed by atoms with E-state index < -0.39 is 10.0 Å². The Bertz CT molecular complexity index is 1150. The molecule has 0 bridgehead atoms. The number of carbonyl (C=O) groups is 1. The number of aromatic amines is 1. The maximum absolute atomic E-state index is 13.0. The highest BCUT2D eigenvalue weighted by Crippen LogP contribution is 2.25. The average molecular weight is 475 g/mol. The number of fused-ring (bicyclic) bond motifs is 1. The van der Waals surface area contributed by atoms with Gasteiger partial charge < -0.3 is 15.2 Å². The largest absolute Gasteiger partial charge is 0.352 e. The van der Waals surface area contributed by atoms with Gasteiger partial charge in [0.1, 0.15) is 0 Å². The molecule has 4 rings (SSSR count). The van der Waals surface area contributed by atoms with Crippen LogP contribution in [-0.2, 0) is 10.0 Å². The number of H-pyrrole nitrogens is 1. The minimum atomic E-state index is -3.62. The van der Waals surface area contributed by atoms with Crippen LogP contribution in [0.4, 0.5) is 0 Å². The Morgan fingerprint density at radius 2 is 1.88 bits per heavy atom. The zero-order chi connectivity index (χ0) is 23.4. The van der Waals surface area contributed by atoms with Gasteiger partial charge in [0, 0.05) is 49.2 Å². The first kappa shape index (κ1) is 23.9. The minimum absolute atomic E-state index is 0.147. The third kappa shape index (κ3) is 5.31. The van der Waals surface area contributed by atoms with E-state index in [0.717, 1.165) is 38.8 Å². The smallest absolute Gasteiger partial charge is 0.252 e. The number of sulfonamides is 1. The lowest BCUT2D eigenvalue weighted by molar-refractivity contribution is 0.0948. The second-order valence-corrected chi connectivity index (χ2v) is 11.0. The first-order chi connectivity index (χ1) is 15.9. The van der Waals surface area contributed by atoms with Gasteiger partial charge in [-0.1, -0.05) is 13.3 Å². The first-order valence-electron chi connectivity index (χ1n) is 12.1. The second-order valence-electron chi connectivity index (χ2n) is 9.07. The molecule has 1 atom stereocenters. The standard InChI is InChI=1S/C24H34N4O4S/c1-2-18-8-3-4-12-27(18)13-7-11-25-24(30)21-17-23(29)26-22-10-9-19(16-20(21)22)33(31,32)28-14-5-6-15-28/h9-10,16-18H,2-8,11-15H2,1H3,(H,25,30)(H,26,29)/t18-/m0/s1. The molecule has 2 N–H and O–H groups in total. The molecule has 2 aromatic rings. The molecule has 2 fully saturated rings. The van der Waals surface area contributed by atoms with Crippen molar-refractivity contribution < 1.29 is 13.2 Å². The molecule has 1 amide bonds. The van der Waals surface area contributed by atoms with Gasteiger partial charge in [0.05, 0.1) is 10.5 Å². The van der Waals surface area contributed by atoms with Gasteiger partial charge in [-0.05, 0) is 63.3 Å². The highest BCUT2D eigenvalue weighted by atomic mass is 32.2. The van der Waals surface area contributed by atoms with Gasteiger partial charge >= 0.3 is 0 Å². The summed E-state index contributed by atoms with van der Waals surface area (Å²) in [6, 6.07) is 6.45. The van der Waals surface area contributed by atoms with Crippen molar-refractivity contribution >= 4 is 26.8 Å². The average Bonchev–Trinajstić information content (AvgIpc) is 3.37. The molecule has 9 heteroatoms.